The Hall–Kier alpha value is -0.690. The van der Waals surface area contributed by atoms with Gasteiger partial charge < -0.3 is 4.74 Å². The molecule has 0 aliphatic rings. The summed E-state index contributed by atoms with van der Waals surface area (Å²) in [5.74, 6) is 2.01. The zero-order chi connectivity index (χ0) is 13.1. The van der Waals surface area contributed by atoms with E-state index >= 15 is 0 Å². The van der Waals surface area contributed by atoms with Crippen molar-refractivity contribution in [3.05, 3.63) is 29.3 Å². The summed E-state index contributed by atoms with van der Waals surface area (Å²) in [6.07, 6.45) is 0. The molecule has 0 spiro atoms. The zero-order valence-corrected chi connectivity index (χ0v) is 12.3. The number of alkyl halides is 1. The topological polar surface area (TPSA) is 9.23 Å². The summed E-state index contributed by atoms with van der Waals surface area (Å²) in [5, 5.41) is 0. The minimum atomic E-state index is 0.104. The van der Waals surface area contributed by atoms with E-state index < -0.39 is 0 Å². The van der Waals surface area contributed by atoms with Crippen molar-refractivity contribution in [3.8, 4) is 5.75 Å². The highest BCUT2D eigenvalue weighted by Gasteiger charge is 2.19. The van der Waals surface area contributed by atoms with E-state index in [4.69, 9.17) is 16.3 Å². The van der Waals surface area contributed by atoms with Crippen LogP contribution in [0, 0.1) is 12.8 Å². The standard InChI is InChI=1S/C15H23ClO/c1-11-6-7-13(15(3,4)5)14(8-11)17-10-12(2)9-16/h6-8,12H,9-10H2,1-5H3. The summed E-state index contributed by atoms with van der Waals surface area (Å²) < 4.78 is 5.91. The van der Waals surface area contributed by atoms with E-state index in [-0.39, 0.29) is 5.41 Å². The van der Waals surface area contributed by atoms with Crippen molar-refractivity contribution in [1.29, 1.82) is 0 Å². The predicted molar refractivity (Wildman–Crippen MR) is 75.3 cm³/mol. The quantitative estimate of drug-likeness (QED) is 0.717. The van der Waals surface area contributed by atoms with Crippen LogP contribution in [0.2, 0.25) is 0 Å². The highest BCUT2D eigenvalue weighted by atomic mass is 35.5. The van der Waals surface area contributed by atoms with Crippen LogP contribution in [0.25, 0.3) is 0 Å². The van der Waals surface area contributed by atoms with Crippen molar-refractivity contribution >= 4 is 11.6 Å². The van der Waals surface area contributed by atoms with Crippen molar-refractivity contribution in [3.63, 3.8) is 0 Å². The Labute approximate surface area is 110 Å². The summed E-state index contributed by atoms with van der Waals surface area (Å²) in [6, 6.07) is 6.41. The normalized spacial score (nSPS) is 13.5. The number of halogens is 1. The molecule has 0 heterocycles. The molecule has 1 aromatic rings. The van der Waals surface area contributed by atoms with Crippen LogP contribution < -0.4 is 4.74 Å². The molecular formula is C15H23ClO. The average molecular weight is 255 g/mol. The first-order valence-electron chi connectivity index (χ1n) is 6.14. The zero-order valence-electron chi connectivity index (χ0n) is 11.5. The van der Waals surface area contributed by atoms with Gasteiger partial charge in [0.2, 0.25) is 0 Å². The predicted octanol–water partition coefficient (Wildman–Crippen LogP) is 4.55. The van der Waals surface area contributed by atoms with Crippen LogP contribution in [0.5, 0.6) is 5.75 Å². The molecule has 0 amide bonds. The number of aryl methyl sites for hydroxylation is 1. The van der Waals surface area contributed by atoms with Crippen LogP contribution >= 0.6 is 11.6 Å². The number of hydrogen-bond donors (Lipinski definition) is 0. The van der Waals surface area contributed by atoms with Gasteiger partial charge >= 0.3 is 0 Å². The van der Waals surface area contributed by atoms with Crippen molar-refractivity contribution in [2.45, 2.75) is 40.0 Å². The molecule has 0 N–H and O–H groups in total. The number of hydrogen-bond acceptors (Lipinski definition) is 1. The number of ether oxygens (including phenoxy) is 1. The lowest BCUT2D eigenvalue weighted by Crippen LogP contribution is -2.16. The fourth-order valence-electron chi connectivity index (χ4n) is 1.65. The molecule has 0 saturated carbocycles. The second kappa shape index (κ2) is 5.77. The van der Waals surface area contributed by atoms with Crippen molar-refractivity contribution in [2.24, 2.45) is 5.92 Å². The minimum absolute atomic E-state index is 0.104. The van der Waals surface area contributed by atoms with Gasteiger partial charge in [0.15, 0.2) is 0 Å². The molecule has 2 heteroatoms. The molecule has 1 nitrogen and oxygen atoms in total. The lowest BCUT2D eigenvalue weighted by atomic mass is 9.86. The van der Waals surface area contributed by atoms with E-state index in [9.17, 15) is 0 Å². The molecule has 0 aromatic heterocycles. The summed E-state index contributed by atoms with van der Waals surface area (Å²) in [4.78, 5) is 0. The number of rotatable bonds is 4. The van der Waals surface area contributed by atoms with Crippen LogP contribution in [0.3, 0.4) is 0 Å². The fraction of sp³-hybridized carbons (Fsp3) is 0.600. The number of benzene rings is 1. The fourth-order valence-corrected chi connectivity index (χ4v) is 1.73. The van der Waals surface area contributed by atoms with Crippen molar-refractivity contribution < 1.29 is 4.74 Å². The van der Waals surface area contributed by atoms with Gasteiger partial charge in [0.25, 0.3) is 0 Å². The molecule has 1 aromatic carbocycles. The van der Waals surface area contributed by atoms with Crippen LogP contribution in [0.4, 0.5) is 0 Å². The highest BCUT2D eigenvalue weighted by Crippen LogP contribution is 2.32. The molecule has 17 heavy (non-hydrogen) atoms. The van der Waals surface area contributed by atoms with E-state index in [0.29, 0.717) is 18.4 Å². The van der Waals surface area contributed by atoms with Gasteiger partial charge in [-0.05, 0) is 29.5 Å². The van der Waals surface area contributed by atoms with E-state index in [1.165, 1.54) is 11.1 Å². The van der Waals surface area contributed by atoms with Gasteiger partial charge in [0.05, 0.1) is 6.61 Å². The van der Waals surface area contributed by atoms with E-state index in [2.05, 4.69) is 52.8 Å². The van der Waals surface area contributed by atoms with Gasteiger partial charge in [0, 0.05) is 11.8 Å². The Balaban J connectivity index is 2.92. The molecule has 1 atom stereocenters. The van der Waals surface area contributed by atoms with Crippen LogP contribution in [0.1, 0.15) is 38.8 Å². The second-order valence-electron chi connectivity index (χ2n) is 5.82. The van der Waals surface area contributed by atoms with Gasteiger partial charge in [-0.15, -0.1) is 11.6 Å². The lowest BCUT2D eigenvalue weighted by molar-refractivity contribution is 0.266. The maximum absolute atomic E-state index is 5.91. The highest BCUT2D eigenvalue weighted by molar-refractivity contribution is 6.18. The van der Waals surface area contributed by atoms with Gasteiger partial charge in [-0.25, -0.2) is 0 Å². The molecule has 0 fully saturated rings. The van der Waals surface area contributed by atoms with Crippen molar-refractivity contribution in [1.82, 2.24) is 0 Å². The third-order valence-electron chi connectivity index (χ3n) is 2.73. The molecule has 96 valence electrons. The molecule has 0 bridgehead atoms. The third kappa shape index (κ3) is 4.23. The molecule has 1 rings (SSSR count). The Morgan fingerprint density at radius 3 is 2.47 bits per heavy atom. The summed E-state index contributed by atoms with van der Waals surface area (Å²) in [6.45, 7) is 11.5. The monoisotopic (exact) mass is 254 g/mol. The van der Waals surface area contributed by atoms with Gasteiger partial charge in [-0.1, -0.05) is 39.8 Å². The summed E-state index contributed by atoms with van der Waals surface area (Å²) in [7, 11) is 0. The largest absolute Gasteiger partial charge is 0.493 e. The molecular weight excluding hydrogens is 232 g/mol. The van der Waals surface area contributed by atoms with E-state index in [0.717, 1.165) is 5.75 Å². The molecule has 1 unspecified atom stereocenters. The van der Waals surface area contributed by atoms with Crippen LogP contribution in [-0.4, -0.2) is 12.5 Å². The molecule has 0 radical (unpaired) electrons. The average Bonchev–Trinajstić information content (AvgIpc) is 2.24. The summed E-state index contributed by atoms with van der Waals surface area (Å²) in [5.41, 5.74) is 2.59. The Morgan fingerprint density at radius 1 is 1.29 bits per heavy atom. The summed E-state index contributed by atoms with van der Waals surface area (Å²) >= 11 is 5.80. The van der Waals surface area contributed by atoms with E-state index in [1.807, 2.05) is 0 Å². The van der Waals surface area contributed by atoms with Gasteiger partial charge in [-0.3, -0.25) is 0 Å². The molecule has 0 saturated heterocycles. The van der Waals surface area contributed by atoms with Gasteiger partial charge in [0.1, 0.15) is 5.75 Å². The first-order valence-corrected chi connectivity index (χ1v) is 6.68. The lowest BCUT2D eigenvalue weighted by Gasteiger charge is -2.24. The van der Waals surface area contributed by atoms with Crippen molar-refractivity contribution in [2.75, 3.05) is 12.5 Å². The van der Waals surface area contributed by atoms with Crippen LogP contribution in [-0.2, 0) is 5.41 Å². The Bertz CT molecular complexity index is 366. The smallest absolute Gasteiger partial charge is 0.123 e. The minimum Gasteiger partial charge on any atom is -0.493 e. The molecule has 0 aliphatic heterocycles. The first-order chi connectivity index (χ1) is 7.84. The van der Waals surface area contributed by atoms with Crippen LogP contribution in [0.15, 0.2) is 18.2 Å². The molecule has 0 aliphatic carbocycles. The Morgan fingerprint density at radius 2 is 1.94 bits per heavy atom. The second-order valence-corrected chi connectivity index (χ2v) is 6.13. The maximum Gasteiger partial charge on any atom is 0.123 e. The van der Waals surface area contributed by atoms with Gasteiger partial charge in [-0.2, -0.15) is 0 Å². The Kier molecular flexibility index (Phi) is 4.88. The maximum atomic E-state index is 5.91. The first kappa shape index (κ1) is 14.4. The van der Waals surface area contributed by atoms with E-state index in [1.54, 1.807) is 0 Å². The SMILES string of the molecule is Cc1ccc(C(C)(C)C)c(OCC(C)CCl)c1. The third-order valence-corrected chi connectivity index (χ3v) is 3.26.